The molecule has 0 bridgehead atoms. The largest absolute Gasteiger partial charge is 0.449 e. The second-order valence-corrected chi connectivity index (χ2v) is 16.1. The van der Waals surface area contributed by atoms with Crippen LogP contribution in [0, 0.1) is 0 Å². The molecular formula is C51H35N5O2. The molecule has 0 saturated carbocycles. The van der Waals surface area contributed by atoms with Crippen LogP contribution < -0.4 is 9.47 Å². The molecule has 0 saturated heterocycles. The van der Waals surface area contributed by atoms with E-state index in [9.17, 15) is 0 Å². The van der Waals surface area contributed by atoms with Crippen LogP contribution in [-0.2, 0) is 5.41 Å². The lowest BCUT2D eigenvalue weighted by molar-refractivity contribution is 0.360. The molecule has 0 radical (unpaired) electrons. The van der Waals surface area contributed by atoms with Gasteiger partial charge in [-0.25, -0.2) is 15.0 Å². The van der Waals surface area contributed by atoms with Crippen molar-refractivity contribution in [3.8, 4) is 84.5 Å². The SMILES string of the molecule is CC(C)(C)c1cc2c(cc1-c1cccc3c1Oc1ccc(-n4c5ccccc5n5c6ccccc6nc45)cc1O3)-c1ccccc1-c1ncncc1-c1ccccc1-2. The molecule has 7 aromatic carbocycles. The lowest BCUT2D eigenvalue weighted by Gasteiger charge is -2.30. The van der Waals surface area contributed by atoms with Gasteiger partial charge < -0.3 is 9.47 Å². The van der Waals surface area contributed by atoms with E-state index in [0.717, 1.165) is 83.7 Å². The van der Waals surface area contributed by atoms with Gasteiger partial charge in [-0.3, -0.25) is 8.97 Å². The molecule has 276 valence electrons. The van der Waals surface area contributed by atoms with Gasteiger partial charge in [0, 0.05) is 29.0 Å². The highest BCUT2D eigenvalue weighted by Gasteiger charge is 2.31. The van der Waals surface area contributed by atoms with Crippen LogP contribution in [0.1, 0.15) is 26.3 Å². The first-order valence-electron chi connectivity index (χ1n) is 19.6. The Morgan fingerprint density at radius 2 is 1.17 bits per heavy atom. The fourth-order valence-electron chi connectivity index (χ4n) is 9.05. The number of ether oxygens (including phenoxy) is 2. The van der Waals surface area contributed by atoms with Gasteiger partial charge in [-0.05, 0) is 99.0 Å². The lowest BCUT2D eigenvalue weighted by Crippen LogP contribution is -2.14. The van der Waals surface area contributed by atoms with Gasteiger partial charge in [-0.15, -0.1) is 0 Å². The second-order valence-electron chi connectivity index (χ2n) is 16.1. The Balaban J connectivity index is 1.03. The molecule has 0 atom stereocenters. The fourth-order valence-corrected chi connectivity index (χ4v) is 9.05. The molecular weight excluding hydrogens is 715 g/mol. The van der Waals surface area contributed by atoms with Crippen LogP contribution in [0.15, 0.2) is 158 Å². The number of hydrogen-bond donors (Lipinski definition) is 0. The van der Waals surface area contributed by atoms with Crippen molar-refractivity contribution in [2.24, 2.45) is 0 Å². The minimum absolute atomic E-state index is 0.213. The van der Waals surface area contributed by atoms with Crippen LogP contribution in [-0.4, -0.2) is 23.9 Å². The van der Waals surface area contributed by atoms with Gasteiger partial charge in [0.2, 0.25) is 5.78 Å². The standard InChI is InChI=1S/C51H35N5O2/c1-51(2,3)40-27-37-31-13-4-5-14-32(31)39-28-52-29-53-48(39)34-16-7-6-15-33(34)36(37)26-38(40)35-17-12-22-46-49(35)58-45-24-23-30(25-47(45)57-46)55-43-20-10-11-21-44(43)56-42-19-9-8-18-41(42)54-50(55)56/h4-29H,1-3H3. The first kappa shape index (κ1) is 32.7. The van der Waals surface area contributed by atoms with E-state index in [-0.39, 0.29) is 5.41 Å². The Morgan fingerprint density at radius 1 is 0.500 bits per heavy atom. The van der Waals surface area contributed by atoms with Crippen molar-refractivity contribution in [1.82, 2.24) is 23.9 Å². The Labute approximate surface area is 334 Å². The van der Waals surface area contributed by atoms with E-state index in [1.165, 1.54) is 11.1 Å². The van der Waals surface area contributed by atoms with Gasteiger partial charge in [0.1, 0.15) is 6.33 Å². The van der Waals surface area contributed by atoms with Gasteiger partial charge >= 0.3 is 0 Å². The van der Waals surface area contributed by atoms with Crippen LogP contribution in [0.4, 0.5) is 0 Å². The third-order valence-electron chi connectivity index (χ3n) is 11.7. The Kier molecular flexibility index (Phi) is 6.76. The topological polar surface area (TPSA) is 66.5 Å². The molecule has 0 unspecified atom stereocenters. The van der Waals surface area contributed by atoms with Gasteiger partial charge in [-0.2, -0.15) is 0 Å². The van der Waals surface area contributed by atoms with Crippen LogP contribution in [0.5, 0.6) is 23.0 Å². The maximum Gasteiger partial charge on any atom is 0.220 e. The van der Waals surface area contributed by atoms with Crippen molar-refractivity contribution in [1.29, 1.82) is 0 Å². The maximum absolute atomic E-state index is 6.91. The molecule has 12 rings (SSSR count). The van der Waals surface area contributed by atoms with Crippen molar-refractivity contribution in [2.45, 2.75) is 26.2 Å². The molecule has 0 N–H and O–H groups in total. The van der Waals surface area contributed by atoms with E-state index < -0.39 is 0 Å². The Bertz CT molecular complexity index is 3350. The third-order valence-corrected chi connectivity index (χ3v) is 11.7. The first-order valence-corrected chi connectivity index (χ1v) is 19.6. The summed E-state index contributed by atoms with van der Waals surface area (Å²) < 4.78 is 18.1. The number of aromatic nitrogens is 5. The highest BCUT2D eigenvalue weighted by atomic mass is 16.6. The number of para-hydroxylation sites is 5. The van der Waals surface area contributed by atoms with E-state index in [1.807, 2.05) is 24.4 Å². The molecule has 1 aliphatic carbocycles. The van der Waals surface area contributed by atoms with Crippen molar-refractivity contribution < 1.29 is 9.47 Å². The van der Waals surface area contributed by atoms with Crippen molar-refractivity contribution >= 4 is 27.8 Å². The molecule has 1 aliphatic heterocycles. The molecule has 7 heteroatoms. The maximum atomic E-state index is 6.91. The fraction of sp³-hybridized carbons (Fsp3) is 0.0784. The molecule has 4 heterocycles. The van der Waals surface area contributed by atoms with Gasteiger partial charge in [-0.1, -0.05) is 106 Å². The summed E-state index contributed by atoms with van der Waals surface area (Å²) in [5.74, 6) is 3.51. The van der Waals surface area contributed by atoms with Gasteiger partial charge in [0.05, 0.1) is 33.4 Å². The molecule has 58 heavy (non-hydrogen) atoms. The van der Waals surface area contributed by atoms with E-state index >= 15 is 0 Å². The zero-order valence-electron chi connectivity index (χ0n) is 32.1. The van der Waals surface area contributed by atoms with Crippen LogP contribution in [0.2, 0.25) is 0 Å². The zero-order chi connectivity index (χ0) is 38.7. The predicted molar refractivity (Wildman–Crippen MR) is 231 cm³/mol. The number of nitrogens with zero attached hydrogens (tertiary/aromatic N) is 5. The second kappa shape index (κ2) is 12.0. The molecule has 3 aromatic heterocycles. The number of rotatable bonds is 2. The minimum atomic E-state index is -0.213. The number of imidazole rings is 2. The van der Waals surface area contributed by atoms with Crippen molar-refractivity contribution in [2.75, 3.05) is 0 Å². The molecule has 10 aromatic rings. The number of benzene rings is 7. The highest BCUT2D eigenvalue weighted by Crippen LogP contribution is 2.54. The summed E-state index contributed by atoms with van der Waals surface area (Å²) in [6.45, 7) is 6.83. The predicted octanol–water partition coefficient (Wildman–Crippen LogP) is 13.1. The average molecular weight is 750 g/mol. The number of hydrogen-bond acceptors (Lipinski definition) is 5. The van der Waals surface area contributed by atoms with E-state index in [2.05, 4.69) is 162 Å². The number of fused-ring (bicyclic) bond motifs is 15. The smallest absolute Gasteiger partial charge is 0.220 e. The zero-order valence-corrected chi connectivity index (χ0v) is 32.1. The molecule has 7 nitrogen and oxygen atoms in total. The Morgan fingerprint density at radius 3 is 1.98 bits per heavy atom. The Hall–Kier alpha value is -7.51. The summed E-state index contributed by atoms with van der Waals surface area (Å²) in [5.41, 5.74) is 16.9. The molecule has 2 aliphatic rings. The van der Waals surface area contributed by atoms with Gasteiger partial charge in [0.15, 0.2) is 23.0 Å². The van der Waals surface area contributed by atoms with E-state index in [4.69, 9.17) is 19.4 Å². The van der Waals surface area contributed by atoms with Crippen molar-refractivity contribution in [3.63, 3.8) is 0 Å². The van der Waals surface area contributed by atoms with E-state index in [0.29, 0.717) is 23.0 Å². The normalized spacial score (nSPS) is 12.7. The summed E-state index contributed by atoms with van der Waals surface area (Å²) in [5, 5.41) is 0. The quantitative estimate of drug-likeness (QED) is 0.176. The average Bonchev–Trinajstić information content (AvgIpc) is 3.79. The molecule has 0 amide bonds. The summed E-state index contributed by atoms with van der Waals surface area (Å²) in [6.07, 6.45) is 3.58. The third kappa shape index (κ3) is 4.70. The lowest BCUT2D eigenvalue weighted by atomic mass is 9.75. The monoisotopic (exact) mass is 749 g/mol. The summed E-state index contributed by atoms with van der Waals surface area (Å²) in [7, 11) is 0. The summed E-state index contributed by atoms with van der Waals surface area (Å²) >= 11 is 0. The highest BCUT2D eigenvalue weighted by molar-refractivity contribution is 6.03. The van der Waals surface area contributed by atoms with Crippen LogP contribution >= 0.6 is 0 Å². The van der Waals surface area contributed by atoms with Crippen LogP contribution in [0.25, 0.3) is 89.3 Å². The molecule has 0 spiro atoms. The van der Waals surface area contributed by atoms with E-state index in [1.54, 1.807) is 6.33 Å². The summed E-state index contributed by atoms with van der Waals surface area (Å²) in [6, 6.07) is 50.9. The first-order chi connectivity index (χ1) is 28.4. The van der Waals surface area contributed by atoms with Crippen LogP contribution in [0.3, 0.4) is 0 Å². The minimum Gasteiger partial charge on any atom is -0.449 e. The van der Waals surface area contributed by atoms with Crippen molar-refractivity contribution in [3.05, 3.63) is 164 Å². The molecule has 0 fully saturated rings. The van der Waals surface area contributed by atoms with Gasteiger partial charge in [0.25, 0.3) is 0 Å². The summed E-state index contributed by atoms with van der Waals surface area (Å²) in [4.78, 5) is 14.4.